The highest BCUT2D eigenvalue weighted by molar-refractivity contribution is 8.26. The lowest BCUT2D eigenvalue weighted by molar-refractivity contribution is -0.121. The molecule has 10 heteroatoms. The summed E-state index contributed by atoms with van der Waals surface area (Å²) in [4.78, 5) is 37.6. The van der Waals surface area contributed by atoms with Crippen molar-refractivity contribution in [2.75, 3.05) is 49.6 Å². The summed E-state index contributed by atoms with van der Waals surface area (Å²) in [7, 11) is 1.66. The molecule has 2 fully saturated rings. The van der Waals surface area contributed by atoms with Crippen molar-refractivity contribution in [3.63, 3.8) is 0 Å². The fraction of sp³-hybridized carbons (Fsp3) is 0.280. The molecule has 0 unspecified atom stereocenters. The van der Waals surface area contributed by atoms with Crippen LogP contribution in [-0.2, 0) is 4.79 Å². The van der Waals surface area contributed by atoms with Gasteiger partial charge in [0.05, 0.1) is 17.6 Å². The second-order valence-electron chi connectivity index (χ2n) is 8.18. The van der Waals surface area contributed by atoms with Crippen LogP contribution in [0.4, 0.5) is 11.5 Å². The van der Waals surface area contributed by atoms with Crippen molar-refractivity contribution in [2.24, 2.45) is 0 Å². The van der Waals surface area contributed by atoms with Crippen LogP contribution in [0, 0.1) is 0 Å². The molecule has 0 atom stereocenters. The number of pyridine rings is 1. The highest BCUT2D eigenvalue weighted by Crippen LogP contribution is 2.33. The van der Waals surface area contributed by atoms with Crippen LogP contribution in [0.2, 0.25) is 0 Å². The third kappa shape index (κ3) is 4.39. The number of thioether (sulfide) groups is 1. The van der Waals surface area contributed by atoms with Gasteiger partial charge in [-0.15, -0.1) is 0 Å². The predicted octanol–water partition coefficient (Wildman–Crippen LogP) is 3.25. The van der Waals surface area contributed by atoms with Gasteiger partial charge in [0.2, 0.25) is 0 Å². The van der Waals surface area contributed by atoms with Crippen molar-refractivity contribution < 1.29 is 9.53 Å². The fourth-order valence-corrected chi connectivity index (χ4v) is 5.70. The van der Waals surface area contributed by atoms with Gasteiger partial charge in [0.1, 0.15) is 21.5 Å². The standard InChI is InChI=1S/C25H25N5O3S2/c1-3-29-24(32)20(35-25(29)34)16-19-22(26-21-6-4-5-11-30(21)23(19)31)28-14-12-27(13-15-28)17-7-9-18(33-2)10-8-17/h4-11,16H,3,12-15H2,1-2H3. The van der Waals surface area contributed by atoms with Gasteiger partial charge in [-0.1, -0.05) is 30.0 Å². The molecule has 0 N–H and O–H groups in total. The van der Waals surface area contributed by atoms with E-state index in [4.69, 9.17) is 21.9 Å². The monoisotopic (exact) mass is 507 g/mol. The summed E-state index contributed by atoms with van der Waals surface area (Å²) in [5.74, 6) is 1.25. The molecule has 2 aliphatic heterocycles. The number of anilines is 2. The Bertz CT molecular complexity index is 1380. The van der Waals surface area contributed by atoms with Crippen LogP contribution in [0.15, 0.2) is 58.4 Å². The van der Waals surface area contributed by atoms with E-state index in [2.05, 4.69) is 21.9 Å². The number of thiocarbonyl (C=S) groups is 1. The molecule has 35 heavy (non-hydrogen) atoms. The summed E-state index contributed by atoms with van der Waals surface area (Å²) in [6.45, 7) is 5.32. The van der Waals surface area contributed by atoms with Crippen LogP contribution >= 0.6 is 24.0 Å². The third-order valence-corrected chi connectivity index (χ3v) is 7.61. The van der Waals surface area contributed by atoms with Gasteiger partial charge in [0.15, 0.2) is 0 Å². The first-order chi connectivity index (χ1) is 17.0. The first-order valence-corrected chi connectivity index (χ1v) is 12.6. The van der Waals surface area contributed by atoms with Crippen molar-refractivity contribution in [1.29, 1.82) is 0 Å². The average Bonchev–Trinajstić information content (AvgIpc) is 3.17. The lowest BCUT2D eigenvalue weighted by atomic mass is 10.2. The molecule has 5 rings (SSSR count). The molecule has 2 saturated heterocycles. The zero-order chi connectivity index (χ0) is 24.5. The molecule has 4 heterocycles. The number of methoxy groups -OCH3 is 1. The number of likely N-dealkylation sites (N-methyl/N-ethyl adjacent to an activating group) is 1. The Morgan fingerprint density at radius 3 is 2.43 bits per heavy atom. The van der Waals surface area contributed by atoms with Crippen molar-refractivity contribution in [3.8, 4) is 5.75 Å². The maximum absolute atomic E-state index is 13.5. The highest BCUT2D eigenvalue weighted by Gasteiger charge is 2.32. The van der Waals surface area contributed by atoms with Gasteiger partial charge in [-0.3, -0.25) is 18.9 Å². The van der Waals surface area contributed by atoms with Gasteiger partial charge in [-0.2, -0.15) is 0 Å². The number of aromatic nitrogens is 2. The normalized spacial score (nSPS) is 17.7. The zero-order valence-electron chi connectivity index (χ0n) is 19.5. The summed E-state index contributed by atoms with van der Waals surface area (Å²) in [5.41, 5.74) is 1.90. The summed E-state index contributed by atoms with van der Waals surface area (Å²) in [5, 5.41) is 0. The van der Waals surface area contributed by atoms with Crippen molar-refractivity contribution in [3.05, 3.63) is 69.5 Å². The minimum Gasteiger partial charge on any atom is -0.497 e. The molecule has 1 amide bonds. The van der Waals surface area contributed by atoms with E-state index >= 15 is 0 Å². The van der Waals surface area contributed by atoms with Gasteiger partial charge in [-0.25, -0.2) is 4.98 Å². The largest absolute Gasteiger partial charge is 0.497 e. The molecule has 0 spiro atoms. The summed E-state index contributed by atoms with van der Waals surface area (Å²) < 4.78 is 7.29. The zero-order valence-corrected chi connectivity index (χ0v) is 21.1. The van der Waals surface area contributed by atoms with Gasteiger partial charge in [0.25, 0.3) is 11.5 Å². The van der Waals surface area contributed by atoms with Gasteiger partial charge in [-0.05, 0) is 49.4 Å². The maximum Gasteiger partial charge on any atom is 0.267 e. The van der Waals surface area contributed by atoms with Crippen LogP contribution in [0.3, 0.4) is 0 Å². The van der Waals surface area contributed by atoms with E-state index in [0.29, 0.717) is 45.9 Å². The van der Waals surface area contributed by atoms with E-state index in [0.717, 1.165) is 24.5 Å². The van der Waals surface area contributed by atoms with E-state index in [9.17, 15) is 9.59 Å². The van der Waals surface area contributed by atoms with E-state index in [-0.39, 0.29) is 11.5 Å². The molecule has 3 aromatic rings. The van der Waals surface area contributed by atoms with Crippen LogP contribution in [0.1, 0.15) is 12.5 Å². The number of amides is 1. The number of carbonyl (C=O) groups is 1. The Kier molecular flexibility index (Phi) is 6.48. The van der Waals surface area contributed by atoms with E-state index in [1.165, 1.54) is 16.2 Å². The molecule has 8 nitrogen and oxygen atoms in total. The number of nitrogens with zero attached hydrogens (tertiary/aromatic N) is 5. The molecule has 0 radical (unpaired) electrons. The Balaban J connectivity index is 1.49. The molecular weight excluding hydrogens is 482 g/mol. The third-order valence-electron chi connectivity index (χ3n) is 6.23. The first kappa shape index (κ1) is 23.4. The van der Waals surface area contributed by atoms with Crippen LogP contribution in [0.25, 0.3) is 11.7 Å². The van der Waals surface area contributed by atoms with Crippen molar-refractivity contribution >= 4 is 57.4 Å². The second-order valence-corrected chi connectivity index (χ2v) is 9.86. The Labute approximate surface area is 212 Å². The fourth-order valence-electron chi connectivity index (χ4n) is 4.33. The molecule has 2 aromatic heterocycles. The molecule has 2 aliphatic rings. The number of benzene rings is 1. The van der Waals surface area contributed by atoms with Gasteiger partial charge < -0.3 is 14.5 Å². The number of hydrogen-bond donors (Lipinski definition) is 0. The Morgan fingerprint density at radius 2 is 1.77 bits per heavy atom. The van der Waals surface area contributed by atoms with E-state index in [1.54, 1.807) is 30.3 Å². The van der Waals surface area contributed by atoms with Crippen LogP contribution in [-0.4, -0.2) is 64.3 Å². The minimum atomic E-state index is -0.204. The molecule has 1 aromatic carbocycles. The number of piperazine rings is 1. The molecule has 0 saturated carbocycles. The maximum atomic E-state index is 13.5. The number of rotatable bonds is 5. The number of carbonyl (C=O) groups excluding carboxylic acids is 1. The smallest absolute Gasteiger partial charge is 0.267 e. The van der Waals surface area contributed by atoms with Crippen LogP contribution in [0.5, 0.6) is 5.75 Å². The van der Waals surface area contributed by atoms with E-state index < -0.39 is 0 Å². The number of ether oxygens (including phenoxy) is 1. The van der Waals surface area contributed by atoms with Gasteiger partial charge >= 0.3 is 0 Å². The Morgan fingerprint density at radius 1 is 1.06 bits per heavy atom. The molecule has 180 valence electrons. The Hall–Kier alpha value is -3.37. The number of hydrogen-bond acceptors (Lipinski definition) is 8. The first-order valence-electron chi connectivity index (χ1n) is 11.4. The molecule has 0 aliphatic carbocycles. The highest BCUT2D eigenvalue weighted by atomic mass is 32.2. The summed E-state index contributed by atoms with van der Waals surface area (Å²) in [6.07, 6.45) is 3.36. The lowest BCUT2D eigenvalue weighted by Gasteiger charge is -2.37. The van der Waals surface area contributed by atoms with Crippen molar-refractivity contribution in [1.82, 2.24) is 14.3 Å². The predicted molar refractivity (Wildman–Crippen MR) is 144 cm³/mol. The summed E-state index contributed by atoms with van der Waals surface area (Å²) in [6, 6.07) is 13.5. The minimum absolute atomic E-state index is 0.171. The molecule has 0 bridgehead atoms. The second kappa shape index (κ2) is 9.71. The van der Waals surface area contributed by atoms with Crippen LogP contribution < -0.4 is 20.1 Å². The summed E-state index contributed by atoms with van der Waals surface area (Å²) >= 11 is 6.58. The van der Waals surface area contributed by atoms with Gasteiger partial charge in [0, 0.05) is 44.6 Å². The van der Waals surface area contributed by atoms with Crippen molar-refractivity contribution in [2.45, 2.75) is 6.92 Å². The average molecular weight is 508 g/mol. The molecular formula is C25H25N5O3S2. The number of fused-ring (bicyclic) bond motifs is 1. The van der Waals surface area contributed by atoms with E-state index in [1.807, 2.05) is 31.2 Å². The quantitative estimate of drug-likeness (QED) is 0.385. The lowest BCUT2D eigenvalue weighted by Crippen LogP contribution is -2.47. The SMILES string of the molecule is CCN1C(=O)C(=Cc2c(N3CCN(c4ccc(OC)cc4)CC3)nc3ccccn3c2=O)SC1=S. The topological polar surface area (TPSA) is 70.4 Å².